The standard InChI is InChI=1S/C16H16Cl2N2S/c17-12-5-6-13(18)15(8-12)21-16-11(9-19)7-10-3-1-2-4-14(10)20-16/h5-8H,1-4,9,19H2. The van der Waals surface area contributed by atoms with Crippen molar-refractivity contribution in [3.05, 3.63) is 51.1 Å². The van der Waals surface area contributed by atoms with Crippen molar-refractivity contribution >= 4 is 35.0 Å². The smallest absolute Gasteiger partial charge is 0.106 e. The second kappa shape index (κ2) is 6.57. The van der Waals surface area contributed by atoms with Crippen LogP contribution in [0, 0.1) is 0 Å². The van der Waals surface area contributed by atoms with Gasteiger partial charge in [-0.2, -0.15) is 0 Å². The maximum absolute atomic E-state index is 6.25. The van der Waals surface area contributed by atoms with Crippen LogP contribution in [0.15, 0.2) is 34.2 Å². The van der Waals surface area contributed by atoms with Gasteiger partial charge in [0, 0.05) is 22.2 Å². The molecular formula is C16H16Cl2N2S. The lowest BCUT2D eigenvalue weighted by Gasteiger charge is -2.18. The zero-order valence-corrected chi connectivity index (χ0v) is 13.9. The van der Waals surface area contributed by atoms with Crippen molar-refractivity contribution < 1.29 is 0 Å². The van der Waals surface area contributed by atoms with E-state index in [0.717, 1.165) is 28.3 Å². The Kier molecular flexibility index (Phi) is 4.75. The zero-order valence-electron chi connectivity index (χ0n) is 11.5. The number of benzene rings is 1. The van der Waals surface area contributed by atoms with Crippen LogP contribution in [0.2, 0.25) is 10.0 Å². The molecule has 0 aliphatic heterocycles. The van der Waals surface area contributed by atoms with Gasteiger partial charge in [-0.05, 0) is 55.0 Å². The summed E-state index contributed by atoms with van der Waals surface area (Å²) < 4.78 is 0. The SMILES string of the molecule is NCc1cc2c(nc1Sc1cc(Cl)ccc1Cl)CCCC2. The summed E-state index contributed by atoms with van der Waals surface area (Å²) in [6.07, 6.45) is 4.62. The van der Waals surface area contributed by atoms with Gasteiger partial charge >= 0.3 is 0 Å². The van der Waals surface area contributed by atoms with Gasteiger partial charge in [0.1, 0.15) is 5.03 Å². The van der Waals surface area contributed by atoms with Gasteiger partial charge in [0.25, 0.3) is 0 Å². The highest BCUT2D eigenvalue weighted by Gasteiger charge is 2.16. The minimum absolute atomic E-state index is 0.487. The zero-order chi connectivity index (χ0) is 14.8. The molecule has 0 radical (unpaired) electrons. The number of fused-ring (bicyclic) bond motifs is 1. The topological polar surface area (TPSA) is 38.9 Å². The van der Waals surface area contributed by atoms with E-state index in [1.165, 1.54) is 24.1 Å². The monoisotopic (exact) mass is 338 g/mol. The Labute approximate surface area is 139 Å². The summed E-state index contributed by atoms with van der Waals surface area (Å²) in [6, 6.07) is 7.68. The van der Waals surface area contributed by atoms with Crippen molar-refractivity contribution in [3.8, 4) is 0 Å². The van der Waals surface area contributed by atoms with Crippen LogP contribution in [0.5, 0.6) is 0 Å². The fourth-order valence-electron chi connectivity index (χ4n) is 2.56. The van der Waals surface area contributed by atoms with E-state index < -0.39 is 0 Å². The van der Waals surface area contributed by atoms with Gasteiger partial charge in [-0.25, -0.2) is 4.98 Å². The normalized spacial score (nSPS) is 14.0. The number of hydrogen-bond acceptors (Lipinski definition) is 3. The van der Waals surface area contributed by atoms with Crippen molar-refractivity contribution in [1.82, 2.24) is 4.98 Å². The number of nitrogens with two attached hydrogens (primary N) is 1. The van der Waals surface area contributed by atoms with Gasteiger partial charge in [-0.15, -0.1) is 0 Å². The Hall–Kier alpha value is -0.740. The second-order valence-electron chi connectivity index (χ2n) is 5.15. The van der Waals surface area contributed by atoms with E-state index in [4.69, 9.17) is 33.9 Å². The number of aryl methyl sites for hydroxylation is 2. The molecule has 2 nitrogen and oxygen atoms in total. The third-order valence-corrected chi connectivity index (χ3v) is 5.44. The molecule has 2 aromatic rings. The number of halogens is 2. The summed E-state index contributed by atoms with van der Waals surface area (Å²) in [5, 5.41) is 2.31. The first-order chi connectivity index (χ1) is 10.2. The summed E-state index contributed by atoms with van der Waals surface area (Å²) in [6.45, 7) is 0.487. The Morgan fingerprint density at radius 2 is 1.95 bits per heavy atom. The second-order valence-corrected chi connectivity index (χ2v) is 7.02. The Bertz CT molecular complexity index is 674. The van der Waals surface area contributed by atoms with Gasteiger partial charge in [-0.3, -0.25) is 0 Å². The lowest BCUT2D eigenvalue weighted by Crippen LogP contribution is -2.10. The van der Waals surface area contributed by atoms with Gasteiger partial charge in [-0.1, -0.05) is 41.0 Å². The van der Waals surface area contributed by atoms with E-state index in [2.05, 4.69) is 6.07 Å². The average molecular weight is 339 g/mol. The van der Waals surface area contributed by atoms with E-state index in [-0.39, 0.29) is 0 Å². The molecule has 1 aromatic heterocycles. The molecule has 0 atom stereocenters. The molecule has 0 saturated carbocycles. The predicted octanol–water partition coefficient (Wildman–Crippen LogP) is 4.88. The Balaban J connectivity index is 1.99. The van der Waals surface area contributed by atoms with Crippen LogP contribution in [0.1, 0.15) is 29.7 Å². The van der Waals surface area contributed by atoms with Crippen LogP contribution in [-0.2, 0) is 19.4 Å². The Morgan fingerprint density at radius 3 is 2.76 bits per heavy atom. The fraction of sp³-hybridized carbons (Fsp3) is 0.312. The first-order valence-electron chi connectivity index (χ1n) is 7.02. The maximum atomic E-state index is 6.25. The highest BCUT2D eigenvalue weighted by molar-refractivity contribution is 7.99. The minimum atomic E-state index is 0.487. The molecule has 1 heterocycles. The van der Waals surface area contributed by atoms with Crippen LogP contribution >= 0.6 is 35.0 Å². The maximum Gasteiger partial charge on any atom is 0.106 e. The summed E-state index contributed by atoms with van der Waals surface area (Å²) >= 11 is 13.8. The molecule has 0 spiro atoms. The van der Waals surface area contributed by atoms with Crippen LogP contribution in [-0.4, -0.2) is 4.98 Å². The number of rotatable bonds is 3. The number of pyridine rings is 1. The molecule has 0 amide bonds. The number of aromatic nitrogens is 1. The highest BCUT2D eigenvalue weighted by atomic mass is 35.5. The molecular weight excluding hydrogens is 323 g/mol. The molecule has 1 aromatic carbocycles. The molecule has 0 unspecified atom stereocenters. The molecule has 0 bridgehead atoms. The third kappa shape index (κ3) is 3.37. The van der Waals surface area contributed by atoms with Gasteiger partial charge in [0.15, 0.2) is 0 Å². The first-order valence-corrected chi connectivity index (χ1v) is 8.59. The summed E-state index contributed by atoms with van der Waals surface area (Å²) in [4.78, 5) is 5.75. The van der Waals surface area contributed by atoms with Crippen molar-refractivity contribution in [2.75, 3.05) is 0 Å². The predicted molar refractivity (Wildman–Crippen MR) is 89.4 cm³/mol. The lowest BCUT2D eigenvalue weighted by molar-refractivity contribution is 0.656. The van der Waals surface area contributed by atoms with Crippen LogP contribution < -0.4 is 5.73 Å². The summed E-state index contributed by atoms with van der Waals surface area (Å²) in [5.74, 6) is 0. The van der Waals surface area contributed by atoms with E-state index in [9.17, 15) is 0 Å². The molecule has 21 heavy (non-hydrogen) atoms. The molecule has 5 heteroatoms. The van der Waals surface area contributed by atoms with Crippen molar-refractivity contribution in [3.63, 3.8) is 0 Å². The Morgan fingerprint density at radius 1 is 1.14 bits per heavy atom. The molecule has 1 aliphatic rings. The van der Waals surface area contributed by atoms with Crippen molar-refractivity contribution in [2.24, 2.45) is 5.73 Å². The molecule has 3 rings (SSSR count). The molecule has 0 fully saturated rings. The van der Waals surface area contributed by atoms with Crippen molar-refractivity contribution in [1.29, 1.82) is 0 Å². The lowest BCUT2D eigenvalue weighted by atomic mass is 9.95. The van der Waals surface area contributed by atoms with E-state index in [1.807, 2.05) is 12.1 Å². The van der Waals surface area contributed by atoms with Gasteiger partial charge in [0.05, 0.1) is 5.02 Å². The average Bonchev–Trinajstić information content (AvgIpc) is 2.50. The quantitative estimate of drug-likeness (QED) is 0.866. The molecule has 110 valence electrons. The van der Waals surface area contributed by atoms with Crippen molar-refractivity contribution in [2.45, 2.75) is 42.1 Å². The van der Waals surface area contributed by atoms with E-state index in [0.29, 0.717) is 16.6 Å². The third-order valence-electron chi connectivity index (χ3n) is 3.66. The molecule has 1 aliphatic carbocycles. The minimum Gasteiger partial charge on any atom is -0.326 e. The van der Waals surface area contributed by atoms with E-state index >= 15 is 0 Å². The van der Waals surface area contributed by atoms with Gasteiger partial charge in [0.2, 0.25) is 0 Å². The van der Waals surface area contributed by atoms with Crippen LogP contribution in [0.25, 0.3) is 0 Å². The molecule has 0 saturated heterocycles. The summed E-state index contributed by atoms with van der Waals surface area (Å²) in [7, 11) is 0. The van der Waals surface area contributed by atoms with E-state index in [1.54, 1.807) is 17.8 Å². The first kappa shape index (κ1) is 15.2. The molecule has 2 N–H and O–H groups in total. The van der Waals surface area contributed by atoms with Crippen LogP contribution in [0.3, 0.4) is 0 Å². The van der Waals surface area contributed by atoms with Crippen LogP contribution in [0.4, 0.5) is 0 Å². The van der Waals surface area contributed by atoms with Gasteiger partial charge < -0.3 is 5.73 Å². The summed E-state index contributed by atoms with van der Waals surface area (Å²) in [5.41, 5.74) is 9.53. The number of hydrogen-bond donors (Lipinski definition) is 1. The largest absolute Gasteiger partial charge is 0.326 e. The fourth-order valence-corrected chi connectivity index (χ4v) is 4.02. The number of nitrogens with zero attached hydrogens (tertiary/aromatic N) is 1. The highest BCUT2D eigenvalue weighted by Crippen LogP contribution is 2.37.